The summed E-state index contributed by atoms with van der Waals surface area (Å²) in [5, 5.41) is 10.4. The number of hydrogen-bond acceptors (Lipinski definition) is 9. The molecule has 1 amide bonds. The highest BCUT2D eigenvalue weighted by molar-refractivity contribution is 6.04. The van der Waals surface area contributed by atoms with Crippen molar-refractivity contribution in [1.82, 2.24) is 10.2 Å². The van der Waals surface area contributed by atoms with E-state index in [0.29, 0.717) is 34.3 Å². The minimum absolute atomic E-state index is 0.0708. The van der Waals surface area contributed by atoms with Crippen LogP contribution in [0.2, 0.25) is 0 Å². The minimum Gasteiger partial charge on any atom is -0.493 e. The molecule has 1 N–H and O–H groups in total. The normalized spacial score (nSPS) is 10.3. The van der Waals surface area contributed by atoms with Gasteiger partial charge in [-0.2, -0.15) is 0 Å². The summed E-state index contributed by atoms with van der Waals surface area (Å²) < 4.78 is 31.8. The number of amides is 1. The fourth-order valence-electron chi connectivity index (χ4n) is 2.74. The van der Waals surface area contributed by atoms with E-state index < -0.39 is 5.91 Å². The van der Waals surface area contributed by atoms with Gasteiger partial charge in [0.1, 0.15) is 0 Å². The molecule has 0 unspecified atom stereocenters. The van der Waals surface area contributed by atoms with Crippen molar-refractivity contribution in [2.45, 2.75) is 0 Å². The monoisotopic (exact) mass is 415 g/mol. The highest BCUT2D eigenvalue weighted by Gasteiger charge is 2.19. The smallest absolute Gasteiger partial charge is 0.322 e. The summed E-state index contributed by atoms with van der Waals surface area (Å²) in [6.45, 7) is 0. The first-order valence-electron chi connectivity index (χ1n) is 8.71. The zero-order valence-electron chi connectivity index (χ0n) is 17.1. The molecule has 10 nitrogen and oxygen atoms in total. The second kappa shape index (κ2) is 9.03. The predicted molar refractivity (Wildman–Crippen MR) is 107 cm³/mol. The number of nitrogens with one attached hydrogen (secondary N) is 1. The molecule has 1 heterocycles. The van der Waals surface area contributed by atoms with E-state index in [4.69, 9.17) is 28.1 Å². The zero-order chi connectivity index (χ0) is 21.7. The quantitative estimate of drug-likeness (QED) is 0.593. The van der Waals surface area contributed by atoms with Crippen molar-refractivity contribution in [3.05, 3.63) is 35.9 Å². The van der Waals surface area contributed by atoms with Gasteiger partial charge in [0.2, 0.25) is 11.6 Å². The van der Waals surface area contributed by atoms with Crippen LogP contribution < -0.4 is 29.0 Å². The van der Waals surface area contributed by atoms with E-state index in [1.54, 1.807) is 25.3 Å². The maximum absolute atomic E-state index is 12.7. The first-order valence-corrected chi connectivity index (χ1v) is 8.71. The van der Waals surface area contributed by atoms with Crippen LogP contribution in [0.1, 0.15) is 10.4 Å². The molecule has 0 spiro atoms. The number of ether oxygens (including phenoxy) is 5. The van der Waals surface area contributed by atoms with Crippen LogP contribution in [0.15, 0.2) is 34.7 Å². The Labute approximate surface area is 172 Å². The van der Waals surface area contributed by atoms with Crippen LogP contribution in [-0.4, -0.2) is 51.7 Å². The van der Waals surface area contributed by atoms with Crippen LogP contribution in [0, 0.1) is 0 Å². The first-order chi connectivity index (χ1) is 14.5. The van der Waals surface area contributed by atoms with Gasteiger partial charge in [0.25, 0.3) is 5.91 Å². The van der Waals surface area contributed by atoms with Gasteiger partial charge < -0.3 is 28.1 Å². The van der Waals surface area contributed by atoms with Crippen molar-refractivity contribution < 1.29 is 32.9 Å². The van der Waals surface area contributed by atoms with E-state index in [1.807, 2.05) is 0 Å². The lowest BCUT2D eigenvalue weighted by atomic mass is 10.1. The van der Waals surface area contributed by atoms with Crippen LogP contribution in [0.25, 0.3) is 11.5 Å². The van der Waals surface area contributed by atoms with Crippen LogP contribution in [0.4, 0.5) is 6.01 Å². The second-order valence-corrected chi connectivity index (χ2v) is 5.85. The van der Waals surface area contributed by atoms with E-state index in [-0.39, 0.29) is 17.5 Å². The Kier molecular flexibility index (Phi) is 6.26. The summed E-state index contributed by atoms with van der Waals surface area (Å²) in [5.41, 5.74) is 0.865. The highest BCUT2D eigenvalue weighted by atomic mass is 16.5. The molecule has 0 atom stereocenters. The molecule has 0 aliphatic carbocycles. The topological polar surface area (TPSA) is 114 Å². The molecular formula is C20H21N3O7. The summed E-state index contributed by atoms with van der Waals surface area (Å²) in [7, 11) is 7.48. The lowest BCUT2D eigenvalue weighted by Gasteiger charge is -2.13. The molecular weight excluding hydrogens is 394 g/mol. The zero-order valence-corrected chi connectivity index (χ0v) is 17.1. The van der Waals surface area contributed by atoms with Gasteiger partial charge in [0.15, 0.2) is 23.0 Å². The van der Waals surface area contributed by atoms with E-state index in [0.717, 1.165) is 0 Å². The van der Waals surface area contributed by atoms with E-state index in [1.165, 1.54) is 40.6 Å². The van der Waals surface area contributed by atoms with Crippen molar-refractivity contribution in [2.75, 3.05) is 40.9 Å². The molecule has 0 saturated heterocycles. The SMILES string of the molecule is COc1ccc(-c2nnc(NC(=O)c3cc(OC)c(OC)c(OC)c3)o2)cc1OC. The fraction of sp³-hybridized carbons (Fsp3) is 0.250. The molecule has 0 bridgehead atoms. The Morgan fingerprint density at radius 1 is 0.800 bits per heavy atom. The number of benzene rings is 2. The number of anilines is 1. The average molecular weight is 415 g/mol. The molecule has 0 saturated carbocycles. The molecule has 0 aliphatic heterocycles. The number of carbonyl (C=O) groups excluding carboxylic acids is 1. The van der Waals surface area contributed by atoms with Gasteiger partial charge in [-0.15, -0.1) is 5.10 Å². The third-order valence-corrected chi connectivity index (χ3v) is 4.20. The minimum atomic E-state index is -0.489. The van der Waals surface area contributed by atoms with Crippen LogP contribution in [0.3, 0.4) is 0 Å². The molecule has 3 aromatic rings. The molecule has 3 rings (SSSR count). The molecule has 1 aromatic heterocycles. The Balaban J connectivity index is 1.83. The van der Waals surface area contributed by atoms with Gasteiger partial charge >= 0.3 is 6.01 Å². The van der Waals surface area contributed by atoms with Crippen molar-refractivity contribution in [3.8, 4) is 40.2 Å². The summed E-state index contributed by atoms with van der Waals surface area (Å²) >= 11 is 0. The third kappa shape index (κ3) is 4.07. The van der Waals surface area contributed by atoms with Crippen LogP contribution >= 0.6 is 0 Å². The molecule has 0 aliphatic rings. The van der Waals surface area contributed by atoms with Crippen LogP contribution in [0.5, 0.6) is 28.7 Å². The Hall–Kier alpha value is -3.95. The number of rotatable bonds is 8. The first kappa shape index (κ1) is 20.8. The van der Waals surface area contributed by atoms with Crippen LogP contribution in [-0.2, 0) is 0 Å². The van der Waals surface area contributed by atoms with Gasteiger partial charge in [0.05, 0.1) is 35.5 Å². The number of nitrogens with zero attached hydrogens (tertiary/aromatic N) is 2. The van der Waals surface area contributed by atoms with Crippen molar-refractivity contribution in [2.24, 2.45) is 0 Å². The molecule has 0 radical (unpaired) electrons. The van der Waals surface area contributed by atoms with Gasteiger partial charge in [-0.3, -0.25) is 10.1 Å². The molecule has 10 heteroatoms. The van der Waals surface area contributed by atoms with E-state index in [2.05, 4.69) is 15.5 Å². The number of aromatic nitrogens is 2. The number of methoxy groups -OCH3 is 5. The van der Waals surface area contributed by atoms with Crippen molar-refractivity contribution in [1.29, 1.82) is 0 Å². The highest BCUT2D eigenvalue weighted by Crippen LogP contribution is 2.38. The van der Waals surface area contributed by atoms with Gasteiger partial charge in [-0.25, -0.2) is 0 Å². The standard InChI is InChI=1S/C20H21N3O7/c1-25-13-7-6-11(8-14(13)26-2)19-22-23-20(30-19)21-18(24)12-9-15(27-3)17(29-5)16(10-12)28-4/h6-10H,1-5H3,(H,21,23,24). The molecule has 30 heavy (non-hydrogen) atoms. The van der Waals surface area contributed by atoms with Gasteiger partial charge in [0, 0.05) is 11.1 Å². The molecule has 0 fully saturated rings. The predicted octanol–water partition coefficient (Wildman–Crippen LogP) is 3.03. The second-order valence-electron chi connectivity index (χ2n) is 5.85. The average Bonchev–Trinajstić information content (AvgIpc) is 3.25. The Morgan fingerprint density at radius 2 is 1.43 bits per heavy atom. The summed E-state index contributed by atoms with van der Waals surface area (Å²) in [5.74, 6) is 1.86. The van der Waals surface area contributed by atoms with Crippen molar-refractivity contribution in [3.63, 3.8) is 0 Å². The largest absolute Gasteiger partial charge is 0.493 e. The summed E-state index contributed by atoms with van der Waals surface area (Å²) in [6.07, 6.45) is 0. The lowest BCUT2D eigenvalue weighted by molar-refractivity contribution is 0.102. The van der Waals surface area contributed by atoms with E-state index in [9.17, 15) is 4.79 Å². The van der Waals surface area contributed by atoms with Gasteiger partial charge in [-0.1, -0.05) is 5.10 Å². The van der Waals surface area contributed by atoms with Crippen molar-refractivity contribution >= 4 is 11.9 Å². The summed E-state index contributed by atoms with van der Waals surface area (Å²) in [4.78, 5) is 12.7. The molecule has 2 aromatic carbocycles. The molecule has 158 valence electrons. The number of hydrogen-bond donors (Lipinski definition) is 1. The summed E-state index contributed by atoms with van der Waals surface area (Å²) in [6, 6.07) is 8.10. The fourth-order valence-corrected chi connectivity index (χ4v) is 2.74. The Morgan fingerprint density at radius 3 is 2.00 bits per heavy atom. The number of carbonyl (C=O) groups is 1. The maximum Gasteiger partial charge on any atom is 0.322 e. The maximum atomic E-state index is 12.7. The third-order valence-electron chi connectivity index (χ3n) is 4.20. The lowest BCUT2D eigenvalue weighted by Crippen LogP contribution is -2.13. The van der Waals surface area contributed by atoms with E-state index >= 15 is 0 Å². The van der Waals surface area contributed by atoms with Gasteiger partial charge in [-0.05, 0) is 30.3 Å². The Bertz CT molecular complexity index is 1020.